The van der Waals surface area contributed by atoms with Gasteiger partial charge in [0.05, 0.1) is 5.56 Å². The minimum Gasteiger partial charge on any atom is -0.489 e. The lowest BCUT2D eigenvalue weighted by atomic mass is 9.99. The molecule has 0 fully saturated rings. The Morgan fingerprint density at radius 2 is 1.59 bits per heavy atom. The SMILES string of the molecule is O=C(O)c1ccccc1CCCc1cc(F)ccc1OCc1ccccc1. The molecule has 0 bridgehead atoms. The van der Waals surface area contributed by atoms with Gasteiger partial charge in [-0.15, -0.1) is 0 Å². The summed E-state index contributed by atoms with van der Waals surface area (Å²) in [5.41, 5.74) is 2.94. The fraction of sp³-hybridized carbons (Fsp3) is 0.174. The lowest BCUT2D eigenvalue weighted by Gasteiger charge is -2.12. The van der Waals surface area contributed by atoms with E-state index in [2.05, 4.69) is 0 Å². The average molecular weight is 364 g/mol. The fourth-order valence-corrected chi connectivity index (χ4v) is 3.04. The summed E-state index contributed by atoms with van der Waals surface area (Å²) in [6.07, 6.45) is 1.92. The molecule has 4 heteroatoms. The highest BCUT2D eigenvalue weighted by molar-refractivity contribution is 5.89. The molecular formula is C23H21FO3. The largest absolute Gasteiger partial charge is 0.489 e. The van der Waals surface area contributed by atoms with E-state index in [0.29, 0.717) is 37.2 Å². The van der Waals surface area contributed by atoms with Crippen LogP contribution < -0.4 is 4.74 Å². The molecule has 0 heterocycles. The molecule has 0 spiro atoms. The van der Waals surface area contributed by atoms with E-state index < -0.39 is 5.97 Å². The molecule has 3 nitrogen and oxygen atoms in total. The van der Waals surface area contributed by atoms with Crippen molar-refractivity contribution in [3.63, 3.8) is 0 Å². The predicted octanol–water partition coefficient (Wildman–Crippen LogP) is 5.28. The molecule has 0 unspecified atom stereocenters. The van der Waals surface area contributed by atoms with Crippen molar-refractivity contribution in [3.8, 4) is 5.75 Å². The lowest BCUT2D eigenvalue weighted by Crippen LogP contribution is -2.03. The third-order valence-electron chi connectivity index (χ3n) is 4.40. The van der Waals surface area contributed by atoms with Gasteiger partial charge >= 0.3 is 5.97 Å². The van der Waals surface area contributed by atoms with Crippen LogP contribution in [0, 0.1) is 5.82 Å². The first kappa shape index (κ1) is 18.6. The zero-order valence-corrected chi connectivity index (χ0v) is 14.9. The molecule has 0 radical (unpaired) electrons. The number of carboxylic acids is 1. The van der Waals surface area contributed by atoms with Gasteiger partial charge in [-0.05, 0) is 60.2 Å². The van der Waals surface area contributed by atoms with Crippen LogP contribution in [0.3, 0.4) is 0 Å². The van der Waals surface area contributed by atoms with Crippen molar-refractivity contribution < 1.29 is 19.0 Å². The first-order chi connectivity index (χ1) is 13.1. The summed E-state index contributed by atoms with van der Waals surface area (Å²) in [4.78, 5) is 11.3. The molecule has 0 aliphatic carbocycles. The number of halogens is 1. The normalized spacial score (nSPS) is 10.6. The fourth-order valence-electron chi connectivity index (χ4n) is 3.04. The van der Waals surface area contributed by atoms with Crippen molar-refractivity contribution >= 4 is 5.97 Å². The van der Waals surface area contributed by atoms with Gasteiger partial charge in [-0.25, -0.2) is 9.18 Å². The van der Waals surface area contributed by atoms with Crippen molar-refractivity contribution in [1.29, 1.82) is 0 Å². The molecule has 3 rings (SSSR count). The molecule has 3 aromatic rings. The molecule has 0 saturated heterocycles. The van der Waals surface area contributed by atoms with E-state index in [1.807, 2.05) is 42.5 Å². The second-order valence-corrected chi connectivity index (χ2v) is 6.34. The summed E-state index contributed by atoms with van der Waals surface area (Å²) in [5, 5.41) is 9.27. The van der Waals surface area contributed by atoms with E-state index in [1.54, 1.807) is 18.2 Å². The summed E-state index contributed by atoms with van der Waals surface area (Å²) in [7, 11) is 0. The van der Waals surface area contributed by atoms with Gasteiger partial charge in [0.1, 0.15) is 18.2 Å². The summed E-state index contributed by atoms with van der Waals surface area (Å²) >= 11 is 0. The number of hydrogen-bond donors (Lipinski definition) is 1. The molecule has 0 saturated carbocycles. The van der Waals surface area contributed by atoms with Crippen LogP contribution in [-0.2, 0) is 19.4 Å². The molecule has 3 aromatic carbocycles. The van der Waals surface area contributed by atoms with E-state index in [9.17, 15) is 14.3 Å². The number of carbonyl (C=O) groups is 1. The third-order valence-corrected chi connectivity index (χ3v) is 4.40. The Morgan fingerprint density at radius 1 is 0.889 bits per heavy atom. The standard InChI is InChI=1S/C23H21FO3/c24-20-13-14-22(27-16-17-7-2-1-3-8-17)19(15-20)11-6-10-18-9-4-5-12-21(18)23(25)26/h1-5,7-9,12-15H,6,10-11,16H2,(H,25,26). The zero-order chi connectivity index (χ0) is 19.1. The smallest absolute Gasteiger partial charge is 0.335 e. The Labute approximate surface area is 158 Å². The van der Waals surface area contributed by atoms with Crippen molar-refractivity contribution in [1.82, 2.24) is 0 Å². The molecule has 27 heavy (non-hydrogen) atoms. The summed E-state index contributed by atoms with van der Waals surface area (Å²) < 4.78 is 19.6. The van der Waals surface area contributed by atoms with Crippen LogP contribution in [0.15, 0.2) is 72.8 Å². The van der Waals surface area contributed by atoms with Crippen molar-refractivity contribution in [3.05, 3.63) is 101 Å². The third kappa shape index (κ3) is 5.17. The van der Waals surface area contributed by atoms with Crippen LogP contribution in [0.1, 0.15) is 33.5 Å². The Kier molecular flexibility index (Phi) is 6.21. The average Bonchev–Trinajstić information content (AvgIpc) is 2.68. The minimum atomic E-state index is -0.928. The van der Waals surface area contributed by atoms with Gasteiger partial charge in [0.25, 0.3) is 0 Å². The highest BCUT2D eigenvalue weighted by Crippen LogP contribution is 2.23. The first-order valence-corrected chi connectivity index (χ1v) is 8.90. The Hall–Kier alpha value is -3.14. The van der Waals surface area contributed by atoms with Gasteiger partial charge < -0.3 is 9.84 Å². The Bertz CT molecular complexity index is 907. The Morgan fingerprint density at radius 3 is 2.37 bits per heavy atom. The number of rotatable bonds is 8. The van der Waals surface area contributed by atoms with Crippen LogP contribution in [0.25, 0.3) is 0 Å². The van der Waals surface area contributed by atoms with E-state index >= 15 is 0 Å². The maximum Gasteiger partial charge on any atom is 0.335 e. The number of aromatic carboxylic acids is 1. The summed E-state index contributed by atoms with van der Waals surface area (Å²) in [5.74, 6) is -0.571. The monoisotopic (exact) mass is 364 g/mol. The van der Waals surface area contributed by atoms with E-state index in [0.717, 1.165) is 16.7 Å². The van der Waals surface area contributed by atoms with Crippen LogP contribution >= 0.6 is 0 Å². The van der Waals surface area contributed by atoms with Crippen LogP contribution in [0.2, 0.25) is 0 Å². The van der Waals surface area contributed by atoms with Gasteiger partial charge in [-0.1, -0.05) is 48.5 Å². The summed E-state index contributed by atoms with van der Waals surface area (Å²) in [6, 6.07) is 21.3. The van der Waals surface area contributed by atoms with Crippen molar-refractivity contribution in [2.75, 3.05) is 0 Å². The van der Waals surface area contributed by atoms with E-state index in [-0.39, 0.29) is 5.82 Å². The maximum absolute atomic E-state index is 13.7. The number of hydrogen-bond acceptors (Lipinski definition) is 2. The number of aryl methyl sites for hydroxylation is 2. The molecule has 0 aromatic heterocycles. The minimum absolute atomic E-state index is 0.303. The quantitative estimate of drug-likeness (QED) is 0.592. The predicted molar refractivity (Wildman–Crippen MR) is 103 cm³/mol. The molecular weight excluding hydrogens is 343 g/mol. The number of benzene rings is 3. The zero-order valence-electron chi connectivity index (χ0n) is 14.9. The van der Waals surface area contributed by atoms with Gasteiger partial charge in [0.15, 0.2) is 0 Å². The van der Waals surface area contributed by atoms with Crippen LogP contribution in [0.4, 0.5) is 4.39 Å². The maximum atomic E-state index is 13.7. The molecule has 1 N–H and O–H groups in total. The van der Waals surface area contributed by atoms with Crippen molar-refractivity contribution in [2.24, 2.45) is 0 Å². The van der Waals surface area contributed by atoms with Crippen molar-refractivity contribution in [2.45, 2.75) is 25.9 Å². The first-order valence-electron chi connectivity index (χ1n) is 8.90. The Balaban J connectivity index is 1.66. The topological polar surface area (TPSA) is 46.5 Å². The van der Waals surface area contributed by atoms with Crippen LogP contribution in [-0.4, -0.2) is 11.1 Å². The molecule has 138 valence electrons. The second-order valence-electron chi connectivity index (χ2n) is 6.34. The highest BCUT2D eigenvalue weighted by atomic mass is 19.1. The van der Waals surface area contributed by atoms with Gasteiger partial charge in [0, 0.05) is 0 Å². The molecule has 0 amide bonds. The second kappa shape index (κ2) is 8.99. The molecule has 0 aliphatic heterocycles. The highest BCUT2D eigenvalue weighted by Gasteiger charge is 2.10. The van der Waals surface area contributed by atoms with E-state index in [1.165, 1.54) is 12.1 Å². The van der Waals surface area contributed by atoms with Gasteiger partial charge in [-0.2, -0.15) is 0 Å². The molecule has 0 atom stereocenters. The summed E-state index contributed by atoms with van der Waals surface area (Å²) in [6.45, 7) is 0.418. The number of carboxylic acid groups (broad SMARTS) is 1. The molecule has 0 aliphatic rings. The lowest BCUT2D eigenvalue weighted by molar-refractivity contribution is 0.0695. The van der Waals surface area contributed by atoms with Crippen LogP contribution in [0.5, 0.6) is 5.75 Å². The van der Waals surface area contributed by atoms with E-state index in [4.69, 9.17) is 4.74 Å². The number of ether oxygens (including phenoxy) is 1. The van der Waals surface area contributed by atoms with Gasteiger partial charge in [0.2, 0.25) is 0 Å². The van der Waals surface area contributed by atoms with Gasteiger partial charge in [-0.3, -0.25) is 0 Å².